The van der Waals surface area contributed by atoms with Gasteiger partial charge in [0.15, 0.2) is 5.78 Å². The molecule has 0 aromatic rings. The van der Waals surface area contributed by atoms with Gasteiger partial charge in [-0.3, -0.25) is 4.79 Å². The van der Waals surface area contributed by atoms with E-state index in [1.165, 1.54) is 6.08 Å². The summed E-state index contributed by atoms with van der Waals surface area (Å²) in [5.41, 5.74) is 0. The van der Waals surface area contributed by atoms with E-state index in [4.69, 9.17) is 12.2 Å². The Morgan fingerprint density at radius 3 is 2.67 bits per heavy atom. The van der Waals surface area contributed by atoms with E-state index in [0.717, 1.165) is 0 Å². The van der Waals surface area contributed by atoms with Gasteiger partial charge in [0, 0.05) is 4.91 Å². The average Bonchev–Trinajstić information content (AvgIpc) is 1.83. The van der Waals surface area contributed by atoms with Crippen molar-refractivity contribution in [2.45, 2.75) is 0 Å². The van der Waals surface area contributed by atoms with Crippen molar-refractivity contribution in [3.05, 3.63) is 23.1 Å². The van der Waals surface area contributed by atoms with Gasteiger partial charge in [-0.2, -0.15) is 0 Å². The number of hydrogen-bond acceptors (Lipinski definition) is 3. The summed E-state index contributed by atoms with van der Waals surface area (Å²) in [6.07, 6.45) is 4.77. The van der Waals surface area contributed by atoms with Gasteiger partial charge < -0.3 is 0 Å². The van der Waals surface area contributed by atoms with E-state index < -0.39 is 0 Å². The van der Waals surface area contributed by atoms with E-state index >= 15 is 0 Å². The van der Waals surface area contributed by atoms with Crippen LogP contribution in [-0.2, 0) is 4.79 Å². The zero-order chi connectivity index (χ0) is 6.85. The van der Waals surface area contributed by atoms with Crippen molar-refractivity contribution >= 4 is 35.5 Å². The molecule has 0 aromatic carbocycles. The number of thiol groups is 1. The Labute approximate surface area is 63.9 Å². The summed E-state index contributed by atoms with van der Waals surface area (Å²) in [4.78, 5) is 11.6. The third-order valence-corrected chi connectivity index (χ3v) is 1.90. The molecule has 1 aliphatic carbocycles. The lowest BCUT2D eigenvalue weighted by molar-refractivity contribution is -0.108. The van der Waals surface area contributed by atoms with Crippen molar-refractivity contribution in [3.8, 4) is 0 Å². The highest BCUT2D eigenvalue weighted by Gasteiger charge is 2.10. The molecule has 9 heavy (non-hydrogen) atoms. The Bertz CT molecular complexity index is 225. The standard InChI is InChI=1S/C6H4OS2/c7-4-2-1-3-5(8)6(4)9/h1-3,8H. The number of rotatable bonds is 0. The molecule has 0 radical (unpaired) electrons. The molecule has 1 rings (SSSR count). The lowest BCUT2D eigenvalue weighted by Crippen LogP contribution is -2.10. The molecule has 46 valence electrons. The predicted octanol–water partition coefficient (Wildman–Crippen LogP) is 1.31. The zero-order valence-electron chi connectivity index (χ0n) is 4.50. The molecule has 0 saturated carbocycles. The predicted molar refractivity (Wildman–Crippen MR) is 43.8 cm³/mol. The van der Waals surface area contributed by atoms with Gasteiger partial charge in [-0.05, 0) is 12.2 Å². The first-order valence-corrected chi connectivity index (χ1v) is 3.23. The van der Waals surface area contributed by atoms with Crippen molar-refractivity contribution in [1.82, 2.24) is 0 Å². The lowest BCUT2D eigenvalue weighted by atomic mass is 10.2. The number of allylic oxidation sites excluding steroid dienone is 4. The van der Waals surface area contributed by atoms with Crippen LogP contribution < -0.4 is 0 Å². The van der Waals surface area contributed by atoms with E-state index in [1.54, 1.807) is 12.2 Å². The van der Waals surface area contributed by atoms with Gasteiger partial charge >= 0.3 is 0 Å². The third kappa shape index (κ3) is 1.28. The number of hydrogen-bond donors (Lipinski definition) is 1. The van der Waals surface area contributed by atoms with Crippen LogP contribution in [0.15, 0.2) is 23.1 Å². The highest BCUT2D eigenvalue weighted by Crippen LogP contribution is 2.09. The third-order valence-electron chi connectivity index (χ3n) is 0.958. The Morgan fingerprint density at radius 2 is 2.22 bits per heavy atom. The molecule has 1 aliphatic rings. The molecule has 0 atom stereocenters. The quantitative estimate of drug-likeness (QED) is 0.420. The second-order valence-electron chi connectivity index (χ2n) is 1.60. The van der Waals surface area contributed by atoms with Crippen molar-refractivity contribution in [1.29, 1.82) is 0 Å². The summed E-state index contributed by atoms with van der Waals surface area (Å²) in [6, 6.07) is 0. The highest BCUT2D eigenvalue weighted by atomic mass is 32.1. The first-order valence-electron chi connectivity index (χ1n) is 2.38. The Kier molecular flexibility index (Phi) is 1.83. The maximum Gasteiger partial charge on any atom is 0.197 e. The maximum absolute atomic E-state index is 10.7. The normalized spacial score (nSPS) is 18.1. The molecule has 0 heterocycles. The molecule has 1 nitrogen and oxygen atoms in total. The second-order valence-corrected chi connectivity index (χ2v) is 2.49. The van der Waals surface area contributed by atoms with Crippen molar-refractivity contribution < 1.29 is 4.79 Å². The maximum atomic E-state index is 10.7. The van der Waals surface area contributed by atoms with Crippen LogP contribution in [0.3, 0.4) is 0 Å². The Hall–Kier alpha value is -0.410. The van der Waals surface area contributed by atoms with Gasteiger partial charge in [0.25, 0.3) is 0 Å². The van der Waals surface area contributed by atoms with Crippen LogP contribution in [0.5, 0.6) is 0 Å². The van der Waals surface area contributed by atoms with Gasteiger partial charge in [-0.15, -0.1) is 12.6 Å². The van der Waals surface area contributed by atoms with Crippen LogP contribution in [0, 0.1) is 0 Å². The second kappa shape index (κ2) is 2.45. The van der Waals surface area contributed by atoms with Gasteiger partial charge in [-0.1, -0.05) is 18.3 Å². The van der Waals surface area contributed by atoms with Crippen LogP contribution in [-0.4, -0.2) is 10.6 Å². The fraction of sp³-hybridized carbons (Fsp3) is 0. The number of thiocarbonyl (C=S) groups is 1. The smallest absolute Gasteiger partial charge is 0.197 e. The topological polar surface area (TPSA) is 17.1 Å². The molecule has 0 unspecified atom stereocenters. The van der Waals surface area contributed by atoms with Gasteiger partial charge in [0.05, 0.1) is 4.86 Å². The van der Waals surface area contributed by atoms with Crippen LogP contribution in [0.25, 0.3) is 0 Å². The summed E-state index contributed by atoms with van der Waals surface area (Å²) in [5.74, 6) is -0.127. The van der Waals surface area contributed by atoms with E-state index in [2.05, 4.69) is 12.6 Å². The molecular formula is C6H4OS2. The molecule has 0 saturated heterocycles. The van der Waals surface area contributed by atoms with E-state index in [-0.39, 0.29) is 5.78 Å². The summed E-state index contributed by atoms with van der Waals surface area (Å²) < 4.78 is 0. The molecule has 0 aromatic heterocycles. The number of carbonyl (C=O) groups is 1. The minimum Gasteiger partial charge on any atom is -0.288 e. The Morgan fingerprint density at radius 1 is 1.56 bits per heavy atom. The Balaban J connectivity index is 3.00. The molecule has 0 aliphatic heterocycles. The fourth-order valence-corrected chi connectivity index (χ4v) is 0.837. The van der Waals surface area contributed by atoms with Crippen molar-refractivity contribution in [2.24, 2.45) is 0 Å². The summed E-state index contributed by atoms with van der Waals surface area (Å²) in [7, 11) is 0. The minimum atomic E-state index is -0.127. The van der Waals surface area contributed by atoms with Crippen molar-refractivity contribution in [3.63, 3.8) is 0 Å². The fourth-order valence-electron chi connectivity index (χ4n) is 0.504. The summed E-state index contributed by atoms with van der Waals surface area (Å²) in [6.45, 7) is 0. The van der Waals surface area contributed by atoms with E-state index in [1.807, 2.05) is 0 Å². The minimum absolute atomic E-state index is 0.127. The molecular weight excluding hydrogens is 152 g/mol. The largest absolute Gasteiger partial charge is 0.288 e. The van der Waals surface area contributed by atoms with Crippen molar-refractivity contribution in [2.75, 3.05) is 0 Å². The first kappa shape index (κ1) is 6.71. The van der Waals surface area contributed by atoms with Crippen LogP contribution in [0.2, 0.25) is 0 Å². The molecule has 0 bridgehead atoms. The van der Waals surface area contributed by atoms with Gasteiger partial charge in [0.2, 0.25) is 0 Å². The summed E-state index contributed by atoms with van der Waals surface area (Å²) >= 11 is 8.67. The molecule has 0 amide bonds. The summed E-state index contributed by atoms with van der Waals surface area (Å²) in [5, 5.41) is 0. The SMILES string of the molecule is O=C1C=CC=C(S)C1=S. The van der Waals surface area contributed by atoms with E-state index in [0.29, 0.717) is 9.77 Å². The van der Waals surface area contributed by atoms with Crippen LogP contribution >= 0.6 is 24.8 Å². The van der Waals surface area contributed by atoms with Crippen LogP contribution in [0.4, 0.5) is 0 Å². The van der Waals surface area contributed by atoms with Crippen LogP contribution in [0.1, 0.15) is 0 Å². The van der Waals surface area contributed by atoms with Gasteiger partial charge in [-0.25, -0.2) is 0 Å². The lowest BCUT2D eigenvalue weighted by Gasteiger charge is -2.00. The molecule has 0 fully saturated rings. The van der Waals surface area contributed by atoms with E-state index in [9.17, 15) is 4.79 Å². The zero-order valence-corrected chi connectivity index (χ0v) is 6.21. The number of ketones is 1. The molecule has 0 spiro atoms. The molecule has 0 N–H and O–H groups in total. The van der Waals surface area contributed by atoms with Gasteiger partial charge in [0.1, 0.15) is 0 Å². The number of carbonyl (C=O) groups excluding carboxylic acids is 1. The highest BCUT2D eigenvalue weighted by molar-refractivity contribution is 7.91. The monoisotopic (exact) mass is 156 g/mol. The molecule has 3 heteroatoms. The first-order chi connectivity index (χ1) is 4.22. The average molecular weight is 156 g/mol.